The number of amides is 1. The topological polar surface area (TPSA) is 54.0 Å². The van der Waals surface area contributed by atoms with Gasteiger partial charge in [0.25, 0.3) is 0 Å². The van der Waals surface area contributed by atoms with Crippen LogP contribution in [0.3, 0.4) is 0 Å². The first-order valence-electron chi connectivity index (χ1n) is 6.27. The molecule has 1 amide bonds. The van der Waals surface area contributed by atoms with Gasteiger partial charge in [-0.2, -0.15) is 0 Å². The van der Waals surface area contributed by atoms with E-state index >= 15 is 0 Å². The van der Waals surface area contributed by atoms with Gasteiger partial charge in [-0.15, -0.1) is 0 Å². The molecule has 112 valence electrons. The van der Waals surface area contributed by atoms with Crippen molar-refractivity contribution in [1.82, 2.24) is 15.6 Å². The molecule has 1 aromatic rings. The van der Waals surface area contributed by atoms with Crippen LogP contribution in [0, 0.1) is 5.92 Å². The SMILES string of the molecule is CC(C)CC(=O)NC(NCc1cccnc1)C(Cl)(Cl)Cl. The number of carbonyl (C=O) groups is 1. The van der Waals surface area contributed by atoms with Crippen molar-refractivity contribution < 1.29 is 4.79 Å². The summed E-state index contributed by atoms with van der Waals surface area (Å²) in [6.07, 6.45) is 3.00. The highest BCUT2D eigenvalue weighted by molar-refractivity contribution is 6.68. The number of nitrogens with one attached hydrogen (secondary N) is 2. The van der Waals surface area contributed by atoms with E-state index in [1.54, 1.807) is 12.4 Å². The van der Waals surface area contributed by atoms with E-state index in [1.165, 1.54) is 0 Å². The van der Waals surface area contributed by atoms with Gasteiger partial charge >= 0.3 is 0 Å². The number of alkyl halides is 3. The molecule has 0 aliphatic heterocycles. The third kappa shape index (κ3) is 6.75. The number of pyridine rings is 1. The minimum atomic E-state index is -1.63. The highest BCUT2D eigenvalue weighted by Gasteiger charge is 2.33. The lowest BCUT2D eigenvalue weighted by atomic mass is 10.1. The summed E-state index contributed by atoms with van der Waals surface area (Å²) in [7, 11) is 0. The number of hydrogen-bond donors (Lipinski definition) is 2. The molecule has 7 heteroatoms. The average molecular weight is 339 g/mol. The fourth-order valence-corrected chi connectivity index (χ4v) is 1.96. The van der Waals surface area contributed by atoms with Crippen molar-refractivity contribution in [1.29, 1.82) is 0 Å². The van der Waals surface area contributed by atoms with E-state index in [2.05, 4.69) is 15.6 Å². The van der Waals surface area contributed by atoms with Crippen molar-refractivity contribution in [2.75, 3.05) is 0 Å². The quantitative estimate of drug-likeness (QED) is 0.619. The minimum absolute atomic E-state index is 0.157. The van der Waals surface area contributed by atoms with Gasteiger partial charge in [0.2, 0.25) is 9.70 Å². The molecule has 0 aromatic carbocycles. The molecule has 1 unspecified atom stereocenters. The van der Waals surface area contributed by atoms with Crippen LogP contribution in [0.5, 0.6) is 0 Å². The largest absolute Gasteiger partial charge is 0.337 e. The zero-order chi connectivity index (χ0) is 15.2. The van der Waals surface area contributed by atoms with Gasteiger partial charge in [0.15, 0.2) is 0 Å². The smallest absolute Gasteiger partial charge is 0.223 e. The maximum atomic E-state index is 11.8. The van der Waals surface area contributed by atoms with Gasteiger partial charge in [-0.05, 0) is 17.5 Å². The van der Waals surface area contributed by atoms with Gasteiger partial charge in [0.05, 0.1) is 0 Å². The van der Waals surface area contributed by atoms with Crippen LogP contribution in [0.1, 0.15) is 25.8 Å². The first-order valence-corrected chi connectivity index (χ1v) is 7.41. The molecule has 20 heavy (non-hydrogen) atoms. The molecule has 0 bridgehead atoms. The van der Waals surface area contributed by atoms with Crippen LogP contribution in [-0.4, -0.2) is 20.8 Å². The third-order valence-corrected chi connectivity index (χ3v) is 3.11. The van der Waals surface area contributed by atoms with Crippen LogP contribution in [0.25, 0.3) is 0 Å². The van der Waals surface area contributed by atoms with Crippen LogP contribution < -0.4 is 10.6 Å². The number of hydrogen-bond acceptors (Lipinski definition) is 3. The van der Waals surface area contributed by atoms with Gasteiger partial charge in [0, 0.05) is 25.4 Å². The highest BCUT2D eigenvalue weighted by atomic mass is 35.6. The molecule has 0 spiro atoms. The van der Waals surface area contributed by atoms with E-state index in [-0.39, 0.29) is 11.8 Å². The predicted octanol–water partition coefficient (Wildman–Crippen LogP) is 3.03. The van der Waals surface area contributed by atoms with Crippen LogP contribution >= 0.6 is 34.8 Å². The maximum Gasteiger partial charge on any atom is 0.223 e. The monoisotopic (exact) mass is 337 g/mol. The van der Waals surface area contributed by atoms with Crippen LogP contribution in [0.15, 0.2) is 24.5 Å². The number of aromatic nitrogens is 1. The minimum Gasteiger partial charge on any atom is -0.337 e. The highest BCUT2D eigenvalue weighted by Crippen LogP contribution is 2.29. The van der Waals surface area contributed by atoms with Crippen molar-refractivity contribution in [3.8, 4) is 0 Å². The van der Waals surface area contributed by atoms with Gasteiger partial charge in [-0.3, -0.25) is 15.1 Å². The summed E-state index contributed by atoms with van der Waals surface area (Å²) in [5, 5.41) is 5.70. The van der Waals surface area contributed by atoms with Crippen molar-refractivity contribution in [3.05, 3.63) is 30.1 Å². The molecule has 2 N–H and O–H groups in total. The zero-order valence-electron chi connectivity index (χ0n) is 11.4. The Bertz CT molecular complexity index is 421. The fraction of sp³-hybridized carbons (Fsp3) is 0.538. The predicted molar refractivity (Wildman–Crippen MR) is 82.8 cm³/mol. The van der Waals surface area contributed by atoms with Gasteiger partial charge < -0.3 is 5.32 Å². The molecular weight excluding hydrogens is 321 g/mol. The summed E-state index contributed by atoms with van der Waals surface area (Å²) in [6, 6.07) is 3.71. The van der Waals surface area contributed by atoms with E-state index in [0.717, 1.165) is 5.56 Å². The molecule has 1 heterocycles. The van der Waals surface area contributed by atoms with Gasteiger partial charge in [0.1, 0.15) is 6.17 Å². The first kappa shape index (κ1) is 17.5. The molecule has 0 saturated heterocycles. The Morgan fingerprint density at radius 3 is 2.60 bits per heavy atom. The normalized spacial score (nSPS) is 13.3. The Labute approximate surface area is 134 Å². The molecule has 1 atom stereocenters. The lowest BCUT2D eigenvalue weighted by Crippen LogP contribution is -2.53. The number of nitrogens with zero attached hydrogens (tertiary/aromatic N) is 1. The summed E-state index contributed by atoms with van der Waals surface area (Å²) in [5.74, 6) is 0.0827. The molecule has 0 fully saturated rings. The molecule has 0 radical (unpaired) electrons. The maximum absolute atomic E-state index is 11.8. The molecule has 0 saturated carbocycles. The Kier molecular flexibility index (Phi) is 7.03. The van der Waals surface area contributed by atoms with E-state index in [9.17, 15) is 4.79 Å². The van der Waals surface area contributed by atoms with E-state index in [0.29, 0.717) is 13.0 Å². The molecule has 1 rings (SSSR count). The lowest BCUT2D eigenvalue weighted by molar-refractivity contribution is -0.122. The second kappa shape index (κ2) is 8.03. The molecule has 1 aromatic heterocycles. The Morgan fingerprint density at radius 2 is 2.10 bits per heavy atom. The molecule has 4 nitrogen and oxygen atoms in total. The zero-order valence-corrected chi connectivity index (χ0v) is 13.6. The van der Waals surface area contributed by atoms with E-state index in [1.807, 2.05) is 26.0 Å². The number of carbonyl (C=O) groups excluding carboxylic acids is 1. The Morgan fingerprint density at radius 1 is 1.40 bits per heavy atom. The third-order valence-electron chi connectivity index (χ3n) is 2.46. The summed E-state index contributed by atoms with van der Waals surface area (Å²) >= 11 is 17.7. The van der Waals surface area contributed by atoms with E-state index < -0.39 is 9.96 Å². The summed E-state index contributed by atoms with van der Waals surface area (Å²) in [6.45, 7) is 4.34. The second-order valence-electron chi connectivity index (χ2n) is 4.88. The number of halogens is 3. The van der Waals surface area contributed by atoms with Crippen molar-refractivity contribution in [2.45, 2.75) is 36.8 Å². The van der Waals surface area contributed by atoms with Crippen molar-refractivity contribution >= 4 is 40.7 Å². The standard InChI is InChI=1S/C13H18Cl3N3O/c1-9(2)6-11(20)19-12(13(14,15)16)18-8-10-4-3-5-17-7-10/h3-5,7,9,12,18H,6,8H2,1-2H3,(H,19,20). The van der Waals surface area contributed by atoms with Gasteiger partial charge in [-0.1, -0.05) is 54.7 Å². The van der Waals surface area contributed by atoms with Crippen LogP contribution in [0.2, 0.25) is 0 Å². The van der Waals surface area contributed by atoms with Crippen molar-refractivity contribution in [3.63, 3.8) is 0 Å². The number of rotatable bonds is 6. The summed E-state index contributed by atoms with van der Waals surface area (Å²) in [4.78, 5) is 15.8. The summed E-state index contributed by atoms with van der Waals surface area (Å²) < 4.78 is -1.63. The summed E-state index contributed by atoms with van der Waals surface area (Å²) in [5.41, 5.74) is 0.935. The Balaban J connectivity index is 2.59. The fourth-order valence-electron chi connectivity index (χ4n) is 1.56. The Hall–Kier alpha value is -0.550. The van der Waals surface area contributed by atoms with Crippen LogP contribution in [0.4, 0.5) is 0 Å². The molecular formula is C13H18Cl3N3O. The molecule has 0 aliphatic carbocycles. The first-order chi connectivity index (χ1) is 9.29. The molecule has 0 aliphatic rings. The second-order valence-corrected chi connectivity index (χ2v) is 7.25. The van der Waals surface area contributed by atoms with Gasteiger partial charge in [-0.25, -0.2) is 0 Å². The van der Waals surface area contributed by atoms with E-state index in [4.69, 9.17) is 34.8 Å². The lowest BCUT2D eigenvalue weighted by Gasteiger charge is -2.27. The van der Waals surface area contributed by atoms with Crippen molar-refractivity contribution in [2.24, 2.45) is 5.92 Å². The average Bonchev–Trinajstić information content (AvgIpc) is 2.33. The van der Waals surface area contributed by atoms with Crippen LogP contribution in [-0.2, 0) is 11.3 Å².